The number of nitrogens with one attached hydrogen (secondary N) is 2. The van der Waals surface area contributed by atoms with E-state index in [1.165, 1.54) is 6.26 Å². The number of furan rings is 1. The molecule has 2 heterocycles. The molecule has 2 N–H and O–H groups in total. The largest absolute Gasteiger partial charge is 0.469 e. The van der Waals surface area contributed by atoms with E-state index in [9.17, 15) is 9.59 Å². The third-order valence-electron chi connectivity index (χ3n) is 5.04. The fourth-order valence-electron chi connectivity index (χ4n) is 3.60. The summed E-state index contributed by atoms with van der Waals surface area (Å²) in [6, 6.07) is 11.4. The van der Waals surface area contributed by atoms with Crippen molar-refractivity contribution in [3.8, 4) is 5.69 Å². The molecule has 28 heavy (non-hydrogen) atoms. The molecule has 0 fully saturated rings. The van der Waals surface area contributed by atoms with Crippen LogP contribution in [0, 0.1) is 6.92 Å². The second-order valence-corrected chi connectivity index (χ2v) is 6.88. The lowest BCUT2D eigenvalue weighted by Gasteiger charge is -2.06. The average molecular weight is 378 g/mol. The maximum atomic E-state index is 12.8. The Balaban J connectivity index is 1.60. The SMILES string of the molecule is Cc1occc1C(=O)NNC(=O)c1nn(-c2ccccc2)c2c1CCCCC2. The standard InChI is InChI=1S/C21H22N4O3/c1-14-16(12-13-28-14)20(26)22-23-21(27)19-17-10-6-3-7-11-18(17)25(24-19)15-8-4-2-5-9-15/h2,4-5,8-9,12-13H,3,6-7,10-11H2,1H3,(H,22,26)(H,23,27). The molecule has 1 aliphatic rings. The van der Waals surface area contributed by atoms with Crippen LogP contribution in [0.25, 0.3) is 5.69 Å². The summed E-state index contributed by atoms with van der Waals surface area (Å²) in [5, 5.41) is 4.60. The zero-order chi connectivity index (χ0) is 19.5. The minimum Gasteiger partial charge on any atom is -0.469 e. The third kappa shape index (κ3) is 3.43. The number of carbonyl (C=O) groups is 2. The second-order valence-electron chi connectivity index (χ2n) is 6.88. The predicted molar refractivity (Wildman–Crippen MR) is 103 cm³/mol. The number of para-hydroxylation sites is 1. The van der Waals surface area contributed by atoms with E-state index < -0.39 is 11.8 Å². The first-order valence-corrected chi connectivity index (χ1v) is 9.46. The number of aromatic nitrogens is 2. The molecule has 0 radical (unpaired) electrons. The summed E-state index contributed by atoms with van der Waals surface area (Å²) in [5.74, 6) is -0.343. The Hall–Kier alpha value is -3.35. The molecular weight excluding hydrogens is 356 g/mol. The molecule has 0 atom stereocenters. The number of hydrazine groups is 1. The maximum absolute atomic E-state index is 12.8. The number of hydrogen-bond donors (Lipinski definition) is 2. The van der Waals surface area contributed by atoms with Crippen molar-refractivity contribution in [3.63, 3.8) is 0 Å². The number of carbonyl (C=O) groups excluding carboxylic acids is 2. The van der Waals surface area contributed by atoms with Crippen molar-refractivity contribution in [2.24, 2.45) is 0 Å². The highest BCUT2D eigenvalue weighted by molar-refractivity contribution is 5.99. The van der Waals surface area contributed by atoms with Crippen molar-refractivity contribution in [2.45, 2.75) is 39.0 Å². The molecule has 4 rings (SSSR count). The van der Waals surface area contributed by atoms with Gasteiger partial charge in [0, 0.05) is 11.3 Å². The van der Waals surface area contributed by atoms with Gasteiger partial charge in [-0.1, -0.05) is 24.6 Å². The minimum absolute atomic E-state index is 0.366. The fourth-order valence-corrected chi connectivity index (χ4v) is 3.60. The van der Waals surface area contributed by atoms with Crippen LogP contribution < -0.4 is 10.9 Å². The van der Waals surface area contributed by atoms with Gasteiger partial charge < -0.3 is 4.42 Å². The van der Waals surface area contributed by atoms with Gasteiger partial charge in [-0.3, -0.25) is 20.4 Å². The van der Waals surface area contributed by atoms with E-state index in [2.05, 4.69) is 16.0 Å². The molecule has 144 valence electrons. The second kappa shape index (κ2) is 7.72. The third-order valence-corrected chi connectivity index (χ3v) is 5.04. The van der Waals surface area contributed by atoms with E-state index in [1.807, 2.05) is 35.0 Å². The van der Waals surface area contributed by atoms with E-state index >= 15 is 0 Å². The Kier molecular flexibility index (Phi) is 4.97. The summed E-state index contributed by atoms with van der Waals surface area (Å²) in [7, 11) is 0. The van der Waals surface area contributed by atoms with Crippen molar-refractivity contribution in [3.05, 3.63) is 70.9 Å². The first kappa shape index (κ1) is 18.0. The number of rotatable bonds is 3. The highest BCUT2D eigenvalue weighted by Gasteiger charge is 2.25. The molecule has 2 amide bonds. The molecule has 7 nitrogen and oxygen atoms in total. The molecule has 0 bridgehead atoms. The number of amides is 2. The number of hydrogen-bond acceptors (Lipinski definition) is 4. The molecule has 0 aliphatic heterocycles. The van der Waals surface area contributed by atoms with Gasteiger partial charge in [-0.2, -0.15) is 5.10 Å². The Morgan fingerprint density at radius 1 is 1.00 bits per heavy atom. The summed E-state index contributed by atoms with van der Waals surface area (Å²) in [6.07, 6.45) is 6.34. The lowest BCUT2D eigenvalue weighted by atomic mass is 10.1. The van der Waals surface area contributed by atoms with Crippen LogP contribution in [0.2, 0.25) is 0 Å². The van der Waals surface area contributed by atoms with Gasteiger partial charge in [-0.05, 0) is 50.8 Å². The van der Waals surface area contributed by atoms with E-state index in [1.54, 1.807) is 13.0 Å². The Morgan fingerprint density at radius 3 is 2.50 bits per heavy atom. The van der Waals surface area contributed by atoms with Gasteiger partial charge >= 0.3 is 0 Å². The smallest absolute Gasteiger partial charge is 0.290 e. The summed E-state index contributed by atoms with van der Waals surface area (Å²) in [4.78, 5) is 25.0. The normalized spacial score (nSPS) is 13.5. The van der Waals surface area contributed by atoms with Crippen molar-refractivity contribution in [2.75, 3.05) is 0 Å². The number of fused-ring (bicyclic) bond motifs is 1. The quantitative estimate of drug-likeness (QED) is 0.541. The zero-order valence-corrected chi connectivity index (χ0v) is 15.7. The van der Waals surface area contributed by atoms with Gasteiger partial charge in [0.2, 0.25) is 0 Å². The van der Waals surface area contributed by atoms with Gasteiger partial charge in [0.1, 0.15) is 5.76 Å². The number of nitrogens with zero attached hydrogens (tertiary/aromatic N) is 2. The van der Waals surface area contributed by atoms with E-state index in [0.29, 0.717) is 17.0 Å². The van der Waals surface area contributed by atoms with Crippen LogP contribution >= 0.6 is 0 Å². The summed E-state index contributed by atoms with van der Waals surface area (Å²) in [5.41, 5.74) is 8.66. The topological polar surface area (TPSA) is 89.2 Å². The maximum Gasteiger partial charge on any atom is 0.290 e. The van der Waals surface area contributed by atoms with Crippen LogP contribution in [-0.2, 0) is 12.8 Å². The van der Waals surface area contributed by atoms with E-state index in [0.717, 1.165) is 49.0 Å². The molecule has 1 aromatic carbocycles. The lowest BCUT2D eigenvalue weighted by Crippen LogP contribution is -2.42. The summed E-state index contributed by atoms with van der Waals surface area (Å²) in [6.45, 7) is 1.69. The zero-order valence-electron chi connectivity index (χ0n) is 15.7. The molecule has 2 aromatic heterocycles. The van der Waals surface area contributed by atoms with Crippen LogP contribution in [0.5, 0.6) is 0 Å². The Bertz CT molecular complexity index is 1000. The Morgan fingerprint density at radius 2 is 1.75 bits per heavy atom. The van der Waals surface area contributed by atoms with Crippen molar-refractivity contribution in [1.82, 2.24) is 20.6 Å². The van der Waals surface area contributed by atoms with E-state index in [-0.39, 0.29) is 0 Å². The molecule has 0 saturated carbocycles. The molecule has 1 aliphatic carbocycles. The van der Waals surface area contributed by atoms with Gasteiger partial charge in [0.15, 0.2) is 5.69 Å². The first-order valence-electron chi connectivity index (χ1n) is 9.46. The van der Waals surface area contributed by atoms with Crippen LogP contribution in [0.3, 0.4) is 0 Å². The average Bonchev–Trinajstić information content (AvgIpc) is 3.22. The lowest BCUT2D eigenvalue weighted by molar-refractivity contribution is 0.0842. The number of benzene rings is 1. The molecule has 0 spiro atoms. The fraction of sp³-hybridized carbons (Fsp3) is 0.286. The first-order chi connectivity index (χ1) is 13.6. The highest BCUT2D eigenvalue weighted by Crippen LogP contribution is 2.26. The van der Waals surface area contributed by atoms with Gasteiger partial charge in [0.25, 0.3) is 11.8 Å². The van der Waals surface area contributed by atoms with Crippen LogP contribution in [0.15, 0.2) is 47.1 Å². The van der Waals surface area contributed by atoms with Gasteiger partial charge in [-0.25, -0.2) is 4.68 Å². The molecule has 0 saturated heterocycles. The Labute approximate surface area is 162 Å². The molecular formula is C21H22N4O3. The van der Waals surface area contributed by atoms with Crippen molar-refractivity contribution < 1.29 is 14.0 Å². The van der Waals surface area contributed by atoms with Crippen LogP contribution in [0.4, 0.5) is 0 Å². The molecule has 7 heteroatoms. The number of aryl methyl sites for hydroxylation is 1. The van der Waals surface area contributed by atoms with E-state index in [4.69, 9.17) is 4.42 Å². The molecule has 0 unspecified atom stereocenters. The van der Waals surface area contributed by atoms with Crippen molar-refractivity contribution >= 4 is 11.8 Å². The van der Waals surface area contributed by atoms with Gasteiger partial charge in [0.05, 0.1) is 17.5 Å². The minimum atomic E-state index is -0.423. The van der Waals surface area contributed by atoms with Gasteiger partial charge in [-0.15, -0.1) is 0 Å². The highest BCUT2D eigenvalue weighted by atomic mass is 16.3. The monoisotopic (exact) mass is 378 g/mol. The van der Waals surface area contributed by atoms with Crippen molar-refractivity contribution in [1.29, 1.82) is 0 Å². The summed E-state index contributed by atoms with van der Waals surface area (Å²) < 4.78 is 6.99. The predicted octanol–water partition coefficient (Wildman–Crippen LogP) is 3.12. The van der Waals surface area contributed by atoms with Crippen LogP contribution in [-0.4, -0.2) is 21.6 Å². The van der Waals surface area contributed by atoms with Crippen LogP contribution in [0.1, 0.15) is 57.1 Å². The summed E-state index contributed by atoms with van der Waals surface area (Å²) >= 11 is 0. The molecule has 3 aromatic rings.